The minimum Gasteiger partial charge on any atom is -0.377 e. The number of amides is 3. The van der Waals surface area contributed by atoms with Gasteiger partial charge in [0, 0.05) is 68.1 Å². The van der Waals surface area contributed by atoms with Crippen molar-refractivity contribution in [2.24, 2.45) is 5.92 Å². The van der Waals surface area contributed by atoms with Crippen LogP contribution < -0.4 is 20.4 Å². The molecule has 0 radical (unpaired) electrons. The van der Waals surface area contributed by atoms with Crippen LogP contribution in [-0.4, -0.2) is 132 Å². The van der Waals surface area contributed by atoms with E-state index in [9.17, 15) is 9.59 Å². The molecule has 6 heterocycles. The SMILES string of the molecule is O=C(Nc1ccc(C(=O)N2CCN(CC3CC3)CC2)cc1)Nc1ccc(-c2nc(N3C4COCC3C(F)C4)nc(N3C4COCC3C(F)C4)n2)cc1. The fourth-order valence-electron chi connectivity index (χ4n) is 8.28. The lowest BCUT2D eigenvalue weighted by Crippen LogP contribution is -2.50. The van der Waals surface area contributed by atoms with Crippen LogP contribution in [0.4, 0.5) is 36.8 Å². The van der Waals surface area contributed by atoms with Gasteiger partial charge in [-0.1, -0.05) is 0 Å². The molecule has 9 rings (SSSR count). The topological polar surface area (TPSA) is 128 Å². The highest BCUT2D eigenvalue weighted by Crippen LogP contribution is 2.39. The van der Waals surface area contributed by atoms with E-state index in [1.807, 2.05) is 14.7 Å². The van der Waals surface area contributed by atoms with Crippen LogP contribution in [0.2, 0.25) is 0 Å². The Morgan fingerprint density at radius 2 is 1.25 bits per heavy atom. The Bertz CT molecular complexity index is 1740. The smallest absolute Gasteiger partial charge is 0.323 e. The van der Waals surface area contributed by atoms with E-state index in [1.165, 1.54) is 12.8 Å². The number of hydrogen-bond donors (Lipinski definition) is 2. The summed E-state index contributed by atoms with van der Waals surface area (Å²) in [5.41, 5.74) is 2.36. The molecule has 6 aliphatic rings. The Hall–Kier alpha value is -4.47. The second-order valence-corrected chi connectivity index (χ2v) is 14.9. The number of nitrogens with one attached hydrogen (secondary N) is 2. The lowest BCUT2D eigenvalue weighted by molar-refractivity contribution is 0.0632. The van der Waals surface area contributed by atoms with Crippen molar-refractivity contribution in [1.29, 1.82) is 0 Å². The average Bonchev–Trinajstić information content (AvgIpc) is 3.92. The van der Waals surface area contributed by atoms with Crippen molar-refractivity contribution in [3.63, 3.8) is 0 Å². The normalized spacial score (nSPS) is 28.6. The third kappa shape index (κ3) is 6.65. The van der Waals surface area contributed by atoms with Gasteiger partial charge in [0.25, 0.3) is 5.91 Å². The number of alkyl halides is 2. The number of anilines is 4. The summed E-state index contributed by atoms with van der Waals surface area (Å²) in [5.74, 6) is 1.92. The summed E-state index contributed by atoms with van der Waals surface area (Å²) in [4.78, 5) is 48.6. The Morgan fingerprint density at radius 3 is 1.77 bits per heavy atom. The van der Waals surface area contributed by atoms with Gasteiger partial charge in [-0.2, -0.15) is 15.0 Å². The molecule has 1 aromatic heterocycles. The number of morpholine rings is 2. The van der Waals surface area contributed by atoms with Crippen molar-refractivity contribution in [3.05, 3.63) is 54.1 Å². The standard InChI is InChI=1S/C37H43F2N9O4/c38-29-15-27-18-51-20-31(29)47(27)35-42-33(43-36(44-35)48-28-16-30(39)32(48)21-52-19-28)23-3-7-25(8-4-23)40-37(50)41-26-9-5-24(6-10-26)34(49)46-13-11-45(12-14-46)17-22-1-2-22/h3-10,22,27-32H,1-2,11-21H2,(H2,40,41,50). The number of hydrogen-bond acceptors (Lipinski definition) is 10. The molecule has 3 aromatic rings. The molecule has 1 saturated carbocycles. The van der Waals surface area contributed by atoms with Crippen LogP contribution >= 0.6 is 0 Å². The van der Waals surface area contributed by atoms with Gasteiger partial charge in [0.05, 0.1) is 50.6 Å². The van der Waals surface area contributed by atoms with Gasteiger partial charge in [-0.05, 0) is 67.3 Å². The molecule has 4 bridgehead atoms. The fraction of sp³-hybridized carbons (Fsp3) is 0.541. The first-order valence-electron chi connectivity index (χ1n) is 18.4. The lowest BCUT2D eigenvalue weighted by atomic mass is 10.1. The summed E-state index contributed by atoms with van der Waals surface area (Å²) in [7, 11) is 0. The number of carbonyl (C=O) groups is 2. The Morgan fingerprint density at radius 1 is 0.712 bits per heavy atom. The Balaban J connectivity index is 0.870. The van der Waals surface area contributed by atoms with Crippen molar-refractivity contribution >= 4 is 35.2 Å². The Labute approximate surface area is 300 Å². The summed E-state index contributed by atoms with van der Waals surface area (Å²) >= 11 is 0. The number of rotatable bonds is 8. The molecule has 5 saturated heterocycles. The zero-order valence-corrected chi connectivity index (χ0v) is 28.9. The van der Waals surface area contributed by atoms with Crippen LogP contribution in [0.5, 0.6) is 0 Å². The van der Waals surface area contributed by atoms with Gasteiger partial charge in [-0.15, -0.1) is 0 Å². The van der Waals surface area contributed by atoms with Crippen LogP contribution in [0.3, 0.4) is 0 Å². The minimum absolute atomic E-state index is 0.00685. The number of nitrogens with zero attached hydrogens (tertiary/aromatic N) is 7. The molecule has 1 aliphatic carbocycles. The Kier molecular flexibility index (Phi) is 8.87. The highest BCUT2D eigenvalue weighted by Gasteiger charge is 2.49. The van der Waals surface area contributed by atoms with Gasteiger partial charge in [0.2, 0.25) is 11.9 Å². The van der Waals surface area contributed by atoms with Gasteiger partial charge < -0.3 is 34.8 Å². The maximum Gasteiger partial charge on any atom is 0.323 e. The van der Waals surface area contributed by atoms with Gasteiger partial charge in [0.15, 0.2) is 5.82 Å². The molecule has 5 aliphatic heterocycles. The van der Waals surface area contributed by atoms with Gasteiger partial charge in [-0.3, -0.25) is 9.69 Å². The third-order valence-electron chi connectivity index (χ3n) is 11.3. The first kappa shape index (κ1) is 33.4. The van der Waals surface area contributed by atoms with E-state index in [2.05, 4.69) is 15.5 Å². The molecule has 2 aromatic carbocycles. The largest absolute Gasteiger partial charge is 0.377 e. The van der Waals surface area contributed by atoms with Crippen LogP contribution in [0.25, 0.3) is 11.4 Å². The maximum atomic E-state index is 15.0. The number of ether oxygens (including phenoxy) is 2. The molecule has 6 fully saturated rings. The van der Waals surface area contributed by atoms with E-state index in [0.29, 0.717) is 66.3 Å². The number of aromatic nitrogens is 3. The van der Waals surface area contributed by atoms with Crippen LogP contribution in [0.15, 0.2) is 48.5 Å². The highest BCUT2D eigenvalue weighted by atomic mass is 19.1. The molecule has 15 heteroatoms. The zero-order chi connectivity index (χ0) is 35.3. The molecule has 6 unspecified atom stereocenters. The predicted octanol–water partition coefficient (Wildman–Crippen LogP) is 3.98. The number of fused-ring (bicyclic) bond motifs is 4. The highest BCUT2D eigenvalue weighted by molar-refractivity contribution is 6.00. The number of carbonyl (C=O) groups excluding carboxylic acids is 2. The third-order valence-corrected chi connectivity index (χ3v) is 11.3. The molecule has 2 N–H and O–H groups in total. The summed E-state index contributed by atoms with van der Waals surface area (Å²) in [6, 6.07) is 12.2. The number of urea groups is 1. The van der Waals surface area contributed by atoms with Crippen LogP contribution in [0, 0.1) is 5.92 Å². The van der Waals surface area contributed by atoms with Crippen molar-refractivity contribution in [2.45, 2.75) is 62.2 Å². The van der Waals surface area contributed by atoms with Crippen molar-refractivity contribution in [2.75, 3.05) is 79.6 Å². The molecule has 6 atom stereocenters. The fourth-order valence-corrected chi connectivity index (χ4v) is 8.28. The molecule has 52 heavy (non-hydrogen) atoms. The molecule has 274 valence electrons. The van der Waals surface area contributed by atoms with E-state index in [-0.39, 0.29) is 31.2 Å². The quantitative estimate of drug-likeness (QED) is 0.354. The molecular formula is C37H43F2N9O4. The average molecular weight is 716 g/mol. The van der Waals surface area contributed by atoms with E-state index < -0.39 is 30.5 Å². The number of halogens is 2. The van der Waals surface area contributed by atoms with E-state index >= 15 is 8.78 Å². The van der Waals surface area contributed by atoms with E-state index in [4.69, 9.17) is 24.4 Å². The maximum absolute atomic E-state index is 15.0. The summed E-state index contributed by atoms with van der Waals surface area (Å²) < 4.78 is 41.3. The van der Waals surface area contributed by atoms with Gasteiger partial charge >= 0.3 is 6.03 Å². The summed E-state index contributed by atoms with van der Waals surface area (Å²) in [6.45, 7) is 5.66. The molecule has 3 amide bonds. The second-order valence-electron chi connectivity index (χ2n) is 14.9. The first-order valence-corrected chi connectivity index (χ1v) is 18.4. The van der Waals surface area contributed by atoms with Gasteiger partial charge in [0.1, 0.15) is 12.3 Å². The number of benzene rings is 2. The second kappa shape index (κ2) is 13.8. The predicted molar refractivity (Wildman–Crippen MR) is 190 cm³/mol. The van der Waals surface area contributed by atoms with Crippen molar-refractivity contribution in [1.82, 2.24) is 24.8 Å². The van der Waals surface area contributed by atoms with E-state index in [1.54, 1.807) is 48.5 Å². The minimum atomic E-state index is -1.06. The van der Waals surface area contributed by atoms with E-state index in [0.717, 1.165) is 38.6 Å². The monoisotopic (exact) mass is 715 g/mol. The summed E-state index contributed by atoms with van der Waals surface area (Å²) in [5, 5.41) is 5.67. The lowest BCUT2D eigenvalue weighted by Gasteiger charge is -2.37. The van der Waals surface area contributed by atoms with Crippen LogP contribution in [-0.2, 0) is 9.47 Å². The van der Waals surface area contributed by atoms with Crippen LogP contribution in [0.1, 0.15) is 36.0 Å². The van der Waals surface area contributed by atoms with Crippen molar-refractivity contribution in [3.8, 4) is 11.4 Å². The molecule has 0 spiro atoms. The van der Waals surface area contributed by atoms with Crippen molar-refractivity contribution < 1.29 is 27.8 Å². The molecule has 13 nitrogen and oxygen atoms in total. The summed E-state index contributed by atoms with van der Waals surface area (Å²) in [6.07, 6.45) is 1.19. The van der Waals surface area contributed by atoms with Gasteiger partial charge in [-0.25, -0.2) is 13.6 Å². The molecular weight excluding hydrogens is 672 g/mol. The number of piperazine rings is 1. The zero-order valence-electron chi connectivity index (χ0n) is 28.9. The first-order chi connectivity index (χ1) is 25.4.